The first kappa shape index (κ1) is 26.5. The van der Waals surface area contributed by atoms with E-state index in [1.807, 2.05) is 0 Å². The van der Waals surface area contributed by atoms with Crippen molar-refractivity contribution in [2.45, 2.75) is 149 Å². The van der Waals surface area contributed by atoms with E-state index in [2.05, 4.69) is 13.8 Å². The highest BCUT2D eigenvalue weighted by molar-refractivity contribution is 5.69. The molecule has 0 fully saturated rings. The van der Waals surface area contributed by atoms with Crippen molar-refractivity contribution in [3.63, 3.8) is 0 Å². The summed E-state index contributed by atoms with van der Waals surface area (Å²) in [6, 6.07) is 0. The van der Waals surface area contributed by atoms with Gasteiger partial charge < -0.3 is 4.74 Å². The van der Waals surface area contributed by atoms with Gasteiger partial charge in [0.2, 0.25) is 0 Å². The van der Waals surface area contributed by atoms with Crippen LogP contribution in [-0.4, -0.2) is 12.6 Å². The first-order valence-corrected chi connectivity index (χ1v) is 12.5. The molecule has 27 heavy (non-hydrogen) atoms. The van der Waals surface area contributed by atoms with Crippen molar-refractivity contribution in [1.82, 2.24) is 0 Å². The summed E-state index contributed by atoms with van der Waals surface area (Å²) in [6.07, 6.45) is 27.0. The quantitative estimate of drug-likeness (QED) is 0.138. The van der Waals surface area contributed by atoms with Gasteiger partial charge in [0.1, 0.15) is 0 Å². The summed E-state index contributed by atoms with van der Waals surface area (Å²) < 4.78 is 5.32. The van der Waals surface area contributed by atoms with Crippen LogP contribution in [-0.2, 0) is 9.53 Å². The molecule has 0 aromatic heterocycles. The molecule has 2 heteroatoms. The SMILES string of the molecule is CCCCCCCCCCCCCCCCC(=O)OCCCCCCCC. The fourth-order valence-corrected chi connectivity index (χ4v) is 3.60. The minimum Gasteiger partial charge on any atom is -0.466 e. The van der Waals surface area contributed by atoms with Gasteiger partial charge in [-0.3, -0.25) is 4.79 Å². The molecule has 0 aromatic carbocycles. The summed E-state index contributed by atoms with van der Waals surface area (Å²) in [5.41, 5.74) is 0. The van der Waals surface area contributed by atoms with E-state index in [4.69, 9.17) is 4.74 Å². The predicted molar refractivity (Wildman–Crippen MR) is 119 cm³/mol. The predicted octanol–water partition coefficient (Wildman–Crippen LogP) is 8.76. The van der Waals surface area contributed by atoms with Gasteiger partial charge in [0.05, 0.1) is 6.61 Å². The Hall–Kier alpha value is -0.530. The maximum Gasteiger partial charge on any atom is 0.305 e. The first-order chi connectivity index (χ1) is 13.3. The molecule has 0 radical (unpaired) electrons. The number of unbranched alkanes of at least 4 members (excludes halogenated alkanes) is 18. The van der Waals surface area contributed by atoms with Gasteiger partial charge >= 0.3 is 5.97 Å². The van der Waals surface area contributed by atoms with E-state index < -0.39 is 0 Å². The topological polar surface area (TPSA) is 26.3 Å². The molecule has 0 aliphatic heterocycles. The molecule has 0 rings (SSSR count). The van der Waals surface area contributed by atoms with Gasteiger partial charge in [-0.1, -0.05) is 129 Å². The van der Waals surface area contributed by atoms with Crippen LogP contribution < -0.4 is 0 Å². The van der Waals surface area contributed by atoms with Crippen molar-refractivity contribution in [1.29, 1.82) is 0 Å². The molecule has 0 spiro atoms. The Balaban J connectivity index is 3.11. The standard InChI is InChI=1S/C25H50O2/c1-3-5-7-9-11-12-13-14-15-16-17-18-19-21-23-25(26)27-24-22-20-10-8-6-4-2/h3-24H2,1-2H3. The zero-order chi connectivity index (χ0) is 19.8. The van der Waals surface area contributed by atoms with E-state index in [-0.39, 0.29) is 5.97 Å². The molecule has 0 saturated heterocycles. The van der Waals surface area contributed by atoms with Gasteiger partial charge in [-0.15, -0.1) is 0 Å². The maximum atomic E-state index is 11.7. The second kappa shape index (κ2) is 23.5. The third-order valence-electron chi connectivity index (χ3n) is 5.50. The van der Waals surface area contributed by atoms with Crippen molar-refractivity contribution >= 4 is 5.97 Å². The third kappa shape index (κ3) is 23.4. The lowest BCUT2D eigenvalue weighted by atomic mass is 10.0. The summed E-state index contributed by atoms with van der Waals surface area (Å²) >= 11 is 0. The van der Waals surface area contributed by atoms with Gasteiger partial charge in [-0.2, -0.15) is 0 Å². The molecule has 2 nitrogen and oxygen atoms in total. The summed E-state index contributed by atoms with van der Waals surface area (Å²) in [4.78, 5) is 11.7. The number of rotatable bonds is 22. The highest BCUT2D eigenvalue weighted by atomic mass is 16.5. The smallest absolute Gasteiger partial charge is 0.305 e. The number of carbonyl (C=O) groups is 1. The molecule has 0 amide bonds. The van der Waals surface area contributed by atoms with E-state index in [0.29, 0.717) is 13.0 Å². The van der Waals surface area contributed by atoms with E-state index in [1.165, 1.54) is 116 Å². The van der Waals surface area contributed by atoms with Crippen LogP contribution in [0.25, 0.3) is 0 Å². The summed E-state index contributed by atoms with van der Waals surface area (Å²) in [5, 5.41) is 0. The minimum absolute atomic E-state index is 0.0162. The van der Waals surface area contributed by atoms with E-state index in [1.54, 1.807) is 0 Å². The Morgan fingerprint density at radius 2 is 0.815 bits per heavy atom. The second-order valence-corrected chi connectivity index (χ2v) is 8.33. The number of carbonyl (C=O) groups excluding carboxylic acids is 1. The monoisotopic (exact) mass is 382 g/mol. The van der Waals surface area contributed by atoms with Crippen LogP contribution >= 0.6 is 0 Å². The van der Waals surface area contributed by atoms with Gasteiger partial charge in [-0.05, 0) is 12.8 Å². The Morgan fingerprint density at radius 1 is 0.481 bits per heavy atom. The van der Waals surface area contributed by atoms with Crippen LogP contribution in [0.1, 0.15) is 149 Å². The Morgan fingerprint density at radius 3 is 1.22 bits per heavy atom. The van der Waals surface area contributed by atoms with Gasteiger partial charge in [0.15, 0.2) is 0 Å². The molecular formula is C25H50O2. The average molecular weight is 383 g/mol. The molecule has 0 heterocycles. The molecule has 0 unspecified atom stereocenters. The van der Waals surface area contributed by atoms with Crippen molar-refractivity contribution < 1.29 is 9.53 Å². The first-order valence-electron chi connectivity index (χ1n) is 12.5. The maximum absolute atomic E-state index is 11.7. The minimum atomic E-state index is 0.0162. The number of ether oxygens (including phenoxy) is 1. The second-order valence-electron chi connectivity index (χ2n) is 8.33. The lowest BCUT2D eigenvalue weighted by Crippen LogP contribution is -2.05. The fraction of sp³-hybridized carbons (Fsp3) is 0.960. The lowest BCUT2D eigenvalue weighted by molar-refractivity contribution is -0.143. The van der Waals surface area contributed by atoms with Crippen molar-refractivity contribution in [3.8, 4) is 0 Å². The van der Waals surface area contributed by atoms with Crippen molar-refractivity contribution in [3.05, 3.63) is 0 Å². The van der Waals surface area contributed by atoms with E-state index in [9.17, 15) is 4.79 Å². The molecule has 0 N–H and O–H groups in total. The molecule has 0 aromatic rings. The molecule has 0 atom stereocenters. The van der Waals surface area contributed by atoms with Gasteiger partial charge in [0.25, 0.3) is 0 Å². The molecule has 0 bridgehead atoms. The highest BCUT2D eigenvalue weighted by Crippen LogP contribution is 2.13. The number of esters is 1. The lowest BCUT2D eigenvalue weighted by Gasteiger charge is -2.05. The Labute approximate surface area is 171 Å². The number of hydrogen-bond acceptors (Lipinski definition) is 2. The Bertz CT molecular complexity index is 288. The third-order valence-corrected chi connectivity index (χ3v) is 5.50. The van der Waals surface area contributed by atoms with E-state index >= 15 is 0 Å². The summed E-state index contributed by atoms with van der Waals surface area (Å²) in [5.74, 6) is 0.0162. The van der Waals surface area contributed by atoms with Gasteiger partial charge in [0, 0.05) is 6.42 Å². The van der Waals surface area contributed by atoms with Crippen LogP contribution in [0, 0.1) is 0 Å². The zero-order valence-electron chi connectivity index (χ0n) is 18.9. The summed E-state index contributed by atoms with van der Waals surface area (Å²) in [7, 11) is 0. The molecule has 0 aliphatic rings. The normalized spacial score (nSPS) is 11.0. The van der Waals surface area contributed by atoms with Crippen LogP contribution in [0.4, 0.5) is 0 Å². The van der Waals surface area contributed by atoms with Crippen LogP contribution in [0.15, 0.2) is 0 Å². The largest absolute Gasteiger partial charge is 0.466 e. The van der Waals surface area contributed by atoms with Crippen LogP contribution in [0.2, 0.25) is 0 Å². The number of hydrogen-bond donors (Lipinski definition) is 0. The van der Waals surface area contributed by atoms with Gasteiger partial charge in [-0.25, -0.2) is 0 Å². The molecule has 0 saturated carbocycles. The van der Waals surface area contributed by atoms with Crippen LogP contribution in [0.3, 0.4) is 0 Å². The molecular weight excluding hydrogens is 332 g/mol. The zero-order valence-corrected chi connectivity index (χ0v) is 18.9. The van der Waals surface area contributed by atoms with Crippen LogP contribution in [0.5, 0.6) is 0 Å². The summed E-state index contributed by atoms with van der Waals surface area (Å²) in [6.45, 7) is 5.14. The van der Waals surface area contributed by atoms with E-state index in [0.717, 1.165) is 12.8 Å². The fourth-order valence-electron chi connectivity index (χ4n) is 3.60. The average Bonchev–Trinajstić information content (AvgIpc) is 2.67. The van der Waals surface area contributed by atoms with Crippen molar-refractivity contribution in [2.75, 3.05) is 6.61 Å². The Kier molecular flexibility index (Phi) is 23.0. The molecule has 162 valence electrons. The molecule has 0 aliphatic carbocycles. The highest BCUT2D eigenvalue weighted by Gasteiger charge is 2.02. The van der Waals surface area contributed by atoms with Crippen molar-refractivity contribution in [2.24, 2.45) is 0 Å².